The molecule has 3 heteroatoms. The third-order valence-corrected chi connectivity index (χ3v) is 3.62. The molecular formula is C16H18BrNO. The molecular weight excluding hydrogens is 302 g/mol. The minimum Gasteiger partial charge on any atom is -0.386 e. The van der Waals surface area contributed by atoms with E-state index in [1.807, 2.05) is 62.4 Å². The summed E-state index contributed by atoms with van der Waals surface area (Å²) in [5, 5.41) is 13.7. The van der Waals surface area contributed by atoms with Crippen molar-refractivity contribution in [2.24, 2.45) is 0 Å². The Morgan fingerprint density at radius 3 is 2.42 bits per heavy atom. The molecule has 0 aliphatic rings. The van der Waals surface area contributed by atoms with E-state index in [2.05, 4.69) is 21.2 Å². The van der Waals surface area contributed by atoms with Crippen molar-refractivity contribution < 1.29 is 5.11 Å². The molecule has 0 aliphatic carbocycles. The molecule has 2 rings (SSSR count). The molecule has 100 valence electrons. The summed E-state index contributed by atoms with van der Waals surface area (Å²) in [5.74, 6) is 0. The number of benzene rings is 2. The van der Waals surface area contributed by atoms with Crippen LogP contribution < -0.4 is 5.32 Å². The van der Waals surface area contributed by atoms with E-state index in [1.54, 1.807) is 0 Å². The van der Waals surface area contributed by atoms with Crippen molar-refractivity contribution >= 4 is 21.6 Å². The van der Waals surface area contributed by atoms with Crippen LogP contribution in [0.3, 0.4) is 0 Å². The van der Waals surface area contributed by atoms with E-state index < -0.39 is 6.10 Å². The Kier molecular flexibility index (Phi) is 4.61. The molecule has 2 unspecified atom stereocenters. The molecule has 2 aromatic rings. The van der Waals surface area contributed by atoms with Gasteiger partial charge in [0, 0.05) is 10.2 Å². The molecule has 0 saturated heterocycles. The maximum absolute atomic E-state index is 10.4. The predicted octanol–water partition coefficient (Wildman–Crippen LogP) is 4.29. The SMILES string of the molecule is Cc1cccc(C(O)C(C)Nc2ccc(Br)cc2)c1. The van der Waals surface area contributed by atoms with E-state index in [9.17, 15) is 5.11 Å². The largest absolute Gasteiger partial charge is 0.386 e. The number of nitrogens with one attached hydrogen (secondary N) is 1. The van der Waals surface area contributed by atoms with Crippen LogP contribution in [0.15, 0.2) is 53.0 Å². The molecule has 2 N–H and O–H groups in total. The number of aliphatic hydroxyl groups excluding tert-OH is 1. The van der Waals surface area contributed by atoms with E-state index in [0.29, 0.717) is 0 Å². The van der Waals surface area contributed by atoms with Crippen molar-refractivity contribution in [3.63, 3.8) is 0 Å². The van der Waals surface area contributed by atoms with Gasteiger partial charge < -0.3 is 10.4 Å². The van der Waals surface area contributed by atoms with Crippen molar-refractivity contribution in [2.45, 2.75) is 26.0 Å². The second-order valence-corrected chi connectivity index (χ2v) is 5.71. The Morgan fingerprint density at radius 2 is 1.79 bits per heavy atom. The summed E-state index contributed by atoms with van der Waals surface area (Å²) in [6, 6.07) is 15.9. The molecule has 0 saturated carbocycles. The van der Waals surface area contributed by atoms with E-state index in [-0.39, 0.29) is 6.04 Å². The number of hydrogen-bond donors (Lipinski definition) is 2. The van der Waals surface area contributed by atoms with Crippen LogP contribution in [-0.2, 0) is 0 Å². The van der Waals surface area contributed by atoms with Gasteiger partial charge in [-0.05, 0) is 43.7 Å². The second-order valence-electron chi connectivity index (χ2n) is 4.80. The predicted molar refractivity (Wildman–Crippen MR) is 83.4 cm³/mol. The highest BCUT2D eigenvalue weighted by molar-refractivity contribution is 9.10. The Bertz CT molecular complexity index is 539. The zero-order chi connectivity index (χ0) is 13.8. The summed E-state index contributed by atoms with van der Waals surface area (Å²) in [6.45, 7) is 4.01. The summed E-state index contributed by atoms with van der Waals surface area (Å²) in [6.07, 6.45) is -0.524. The zero-order valence-corrected chi connectivity index (χ0v) is 12.7. The molecule has 0 amide bonds. The first kappa shape index (κ1) is 14.1. The van der Waals surface area contributed by atoms with E-state index in [4.69, 9.17) is 0 Å². The highest BCUT2D eigenvalue weighted by Gasteiger charge is 2.16. The smallest absolute Gasteiger partial charge is 0.0988 e. The van der Waals surface area contributed by atoms with Gasteiger partial charge in [-0.25, -0.2) is 0 Å². The van der Waals surface area contributed by atoms with Crippen LogP contribution in [0.5, 0.6) is 0 Å². The van der Waals surface area contributed by atoms with Crippen molar-refractivity contribution in [2.75, 3.05) is 5.32 Å². The molecule has 0 radical (unpaired) electrons. The van der Waals surface area contributed by atoms with Crippen LogP contribution in [0.1, 0.15) is 24.2 Å². The lowest BCUT2D eigenvalue weighted by molar-refractivity contribution is 0.160. The molecule has 2 aromatic carbocycles. The summed E-state index contributed by atoms with van der Waals surface area (Å²) in [7, 11) is 0. The molecule has 0 aromatic heterocycles. The Balaban J connectivity index is 2.07. The number of halogens is 1. The van der Waals surface area contributed by atoms with Crippen molar-refractivity contribution in [1.82, 2.24) is 0 Å². The first-order chi connectivity index (χ1) is 9.06. The molecule has 2 atom stereocenters. The molecule has 0 bridgehead atoms. The Morgan fingerprint density at radius 1 is 1.11 bits per heavy atom. The monoisotopic (exact) mass is 319 g/mol. The fourth-order valence-electron chi connectivity index (χ4n) is 2.03. The van der Waals surface area contributed by atoms with Gasteiger partial charge in [0.15, 0.2) is 0 Å². The first-order valence-corrected chi connectivity index (χ1v) is 7.12. The highest BCUT2D eigenvalue weighted by atomic mass is 79.9. The van der Waals surface area contributed by atoms with Crippen LogP contribution >= 0.6 is 15.9 Å². The van der Waals surface area contributed by atoms with Gasteiger partial charge in [-0.1, -0.05) is 45.8 Å². The minimum atomic E-state index is -0.524. The van der Waals surface area contributed by atoms with Crippen LogP contribution in [0.25, 0.3) is 0 Å². The first-order valence-electron chi connectivity index (χ1n) is 6.33. The molecule has 2 nitrogen and oxygen atoms in total. The number of hydrogen-bond acceptors (Lipinski definition) is 2. The normalized spacial score (nSPS) is 13.9. The molecule has 0 spiro atoms. The van der Waals surface area contributed by atoms with Crippen LogP contribution in [0, 0.1) is 6.92 Å². The summed E-state index contributed by atoms with van der Waals surface area (Å²) in [4.78, 5) is 0. The number of aliphatic hydroxyl groups is 1. The van der Waals surface area contributed by atoms with Gasteiger partial charge in [-0.15, -0.1) is 0 Å². The van der Waals surface area contributed by atoms with Crippen molar-refractivity contribution in [1.29, 1.82) is 0 Å². The highest BCUT2D eigenvalue weighted by Crippen LogP contribution is 2.22. The quantitative estimate of drug-likeness (QED) is 0.881. The van der Waals surface area contributed by atoms with Gasteiger partial charge in [-0.2, -0.15) is 0 Å². The van der Waals surface area contributed by atoms with Gasteiger partial charge in [0.25, 0.3) is 0 Å². The summed E-state index contributed by atoms with van der Waals surface area (Å²) < 4.78 is 1.05. The van der Waals surface area contributed by atoms with Crippen molar-refractivity contribution in [3.8, 4) is 0 Å². The lowest BCUT2D eigenvalue weighted by Crippen LogP contribution is -2.24. The Hall–Kier alpha value is -1.32. The van der Waals surface area contributed by atoms with Crippen LogP contribution in [0.2, 0.25) is 0 Å². The van der Waals surface area contributed by atoms with Crippen LogP contribution in [-0.4, -0.2) is 11.1 Å². The average molecular weight is 320 g/mol. The molecule has 19 heavy (non-hydrogen) atoms. The standard InChI is InChI=1S/C16H18BrNO/c1-11-4-3-5-13(10-11)16(19)12(2)18-15-8-6-14(17)7-9-15/h3-10,12,16,18-19H,1-2H3. The fraction of sp³-hybridized carbons (Fsp3) is 0.250. The van der Waals surface area contributed by atoms with Gasteiger partial charge in [0.05, 0.1) is 12.1 Å². The van der Waals surface area contributed by atoms with E-state index in [0.717, 1.165) is 21.3 Å². The molecule has 0 aliphatic heterocycles. The number of rotatable bonds is 4. The zero-order valence-electron chi connectivity index (χ0n) is 11.1. The topological polar surface area (TPSA) is 32.3 Å². The fourth-order valence-corrected chi connectivity index (χ4v) is 2.30. The third kappa shape index (κ3) is 3.82. The maximum atomic E-state index is 10.4. The van der Waals surface area contributed by atoms with Crippen LogP contribution in [0.4, 0.5) is 5.69 Å². The lowest BCUT2D eigenvalue weighted by atomic mass is 10.0. The second kappa shape index (κ2) is 6.22. The summed E-state index contributed by atoms with van der Waals surface area (Å²) >= 11 is 3.41. The number of anilines is 1. The lowest BCUT2D eigenvalue weighted by Gasteiger charge is -2.22. The summed E-state index contributed by atoms with van der Waals surface area (Å²) in [5.41, 5.74) is 3.10. The minimum absolute atomic E-state index is 0.0528. The van der Waals surface area contributed by atoms with E-state index in [1.165, 1.54) is 0 Å². The maximum Gasteiger partial charge on any atom is 0.0988 e. The average Bonchev–Trinajstić information content (AvgIpc) is 2.40. The van der Waals surface area contributed by atoms with Gasteiger partial charge in [-0.3, -0.25) is 0 Å². The van der Waals surface area contributed by atoms with E-state index >= 15 is 0 Å². The molecule has 0 fully saturated rings. The van der Waals surface area contributed by atoms with Gasteiger partial charge >= 0.3 is 0 Å². The van der Waals surface area contributed by atoms with Gasteiger partial charge in [0.1, 0.15) is 0 Å². The number of aryl methyl sites for hydroxylation is 1. The Labute approximate surface area is 122 Å². The van der Waals surface area contributed by atoms with Crippen molar-refractivity contribution in [3.05, 3.63) is 64.1 Å². The molecule has 0 heterocycles. The third-order valence-electron chi connectivity index (χ3n) is 3.10. The van der Waals surface area contributed by atoms with Gasteiger partial charge in [0.2, 0.25) is 0 Å².